The lowest BCUT2D eigenvalue weighted by Gasteiger charge is -2.36. The summed E-state index contributed by atoms with van der Waals surface area (Å²) in [6.45, 7) is 13.6. The van der Waals surface area contributed by atoms with Crippen LogP contribution in [0.1, 0.15) is 27.7 Å². The lowest BCUT2D eigenvalue weighted by molar-refractivity contribution is 0.353. The third-order valence-electron chi connectivity index (χ3n) is 4.83. The number of nitrogens with two attached hydrogens (primary N) is 1. The summed E-state index contributed by atoms with van der Waals surface area (Å²) >= 11 is 0. The Labute approximate surface area is 154 Å². The Morgan fingerprint density at radius 2 is 1.84 bits per heavy atom. The van der Waals surface area contributed by atoms with Gasteiger partial charge in [-0.05, 0) is 44.5 Å². The molecule has 1 rings (SSSR count). The molecular weight excluding hydrogens is 308 g/mol. The maximum absolute atomic E-state index is 6.46. The summed E-state index contributed by atoms with van der Waals surface area (Å²) in [4.78, 5) is 2.25. The van der Waals surface area contributed by atoms with Crippen molar-refractivity contribution in [3.63, 3.8) is 0 Å². The molecule has 0 spiro atoms. The Kier molecular flexibility index (Phi) is 8.73. The van der Waals surface area contributed by atoms with Gasteiger partial charge in [0.05, 0.1) is 0 Å². The van der Waals surface area contributed by atoms with Gasteiger partial charge in [0.15, 0.2) is 0 Å². The minimum atomic E-state index is -0.0939. The van der Waals surface area contributed by atoms with E-state index in [0.29, 0.717) is 5.92 Å². The molecule has 0 bridgehead atoms. The van der Waals surface area contributed by atoms with Crippen molar-refractivity contribution in [3.8, 4) is 0 Å². The number of hydrogen-bond acceptors (Lipinski definition) is 4. The fourth-order valence-corrected chi connectivity index (χ4v) is 3.17. The number of anilines is 1. The smallest absolute Gasteiger partial charge is 0.107 e. The zero-order valence-electron chi connectivity index (χ0n) is 16.7. The van der Waals surface area contributed by atoms with E-state index in [2.05, 4.69) is 69.0 Å². The molecule has 0 saturated heterocycles. The van der Waals surface area contributed by atoms with Gasteiger partial charge in [-0.1, -0.05) is 38.1 Å². The van der Waals surface area contributed by atoms with E-state index in [1.54, 1.807) is 0 Å². The molecule has 3 atom stereocenters. The summed E-state index contributed by atoms with van der Waals surface area (Å²) < 4.78 is 0. The quantitative estimate of drug-likeness (QED) is 0.567. The number of para-hydroxylation sites is 1. The van der Waals surface area contributed by atoms with Crippen molar-refractivity contribution in [1.29, 1.82) is 0 Å². The zero-order chi connectivity index (χ0) is 19.0. The molecule has 0 aliphatic heterocycles. The number of benzene rings is 1. The summed E-state index contributed by atoms with van der Waals surface area (Å²) in [5.41, 5.74) is 8.83. The van der Waals surface area contributed by atoms with E-state index < -0.39 is 0 Å². The van der Waals surface area contributed by atoms with Crippen LogP contribution in [0.2, 0.25) is 0 Å². The minimum Gasteiger partial charge on any atom is -0.361 e. The van der Waals surface area contributed by atoms with Gasteiger partial charge >= 0.3 is 0 Å². The predicted octanol–water partition coefficient (Wildman–Crippen LogP) is 3.66. The van der Waals surface area contributed by atoms with Gasteiger partial charge in [-0.15, -0.1) is 6.58 Å². The van der Waals surface area contributed by atoms with Gasteiger partial charge in [-0.3, -0.25) is 0 Å². The van der Waals surface area contributed by atoms with Crippen molar-refractivity contribution in [1.82, 2.24) is 10.2 Å². The molecule has 0 aliphatic carbocycles. The molecule has 4 nitrogen and oxygen atoms in total. The molecular formula is C21H36N4. The highest BCUT2D eigenvalue weighted by Gasteiger charge is 2.30. The molecule has 3 unspecified atom stereocenters. The number of nitrogens with one attached hydrogen (secondary N) is 2. The fourth-order valence-electron chi connectivity index (χ4n) is 3.17. The van der Waals surface area contributed by atoms with Crippen LogP contribution < -0.4 is 16.4 Å². The van der Waals surface area contributed by atoms with E-state index in [0.717, 1.165) is 18.1 Å². The van der Waals surface area contributed by atoms with Crippen molar-refractivity contribution in [2.75, 3.05) is 26.0 Å². The van der Waals surface area contributed by atoms with Crippen LogP contribution in [0.25, 0.3) is 0 Å². The second-order valence-electron chi connectivity index (χ2n) is 6.90. The monoisotopic (exact) mass is 344 g/mol. The fraction of sp³-hybridized carbons (Fsp3) is 0.524. The molecule has 140 valence electrons. The number of likely N-dealkylation sites (N-methyl/N-ethyl adjacent to an activating group) is 1. The summed E-state index contributed by atoms with van der Waals surface area (Å²) in [6, 6.07) is 10.4. The second-order valence-corrected chi connectivity index (χ2v) is 6.90. The molecule has 0 radical (unpaired) electrons. The van der Waals surface area contributed by atoms with Crippen LogP contribution in [-0.4, -0.2) is 37.6 Å². The van der Waals surface area contributed by atoms with Crippen LogP contribution in [-0.2, 0) is 0 Å². The van der Waals surface area contributed by atoms with Gasteiger partial charge in [0, 0.05) is 37.3 Å². The topological polar surface area (TPSA) is 53.3 Å². The Hall–Kier alpha value is -1.78. The third kappa shape index (κ3) is 5.62. The lowest BCUT2D eigenvalue weighted by atomic mass is 9.79. The number of rotatable bonds is 10. The van der Waals surface area contributed by atoms with Crippen LogP contribution in [0.3, 0.4) is 0 Å². The number of hydrogen-bond donors (Lipinski definition) is 3. The predicted molar refractivity (Wildman–Crippen MR) is 110 cm³/mol. The Balaban J connectivity index is 3.53. The van der Waals surface area contributed by atoms with E-state index in [4.69, 9.17) is 5.73 Å². The first-order valence-corrected chi connectivity index (χ1v) is 9.19. The Morgan fingerprint density at radius 1 is 1.24 bits per heavy atom. The molecule has 0 fully saturated rings. The molecule has 25 heavy (non-hydrogen) atoms. The van der Waals surface area contributed by atoms with Crippen LogP contribution in [0.5, 0.6) is 0 Å². The van der Waals surface area contributed by atoms with Gasteiger partial charge in [-0.2, -0.15) is 0 Å². The molecule has 1 aromatic carbocycles. The molecule has 0 amide bonds. The molecule has 1 aromatic rings. The van der Waals surface area contributed by atoms with Crippen LogP contribution >= 0.6 is 0 Å². The van der Waals surface area contributed by atoms with Crippen molar-refractivity contribution in [2.24, 2.45) is 17.6 Å². The average Bonchev–Trinajstić information content (AvgIpc) is 2.63. The molecule has 0 aromatic heterocycles. The normalized spacial score (nSPS) is 16.0. The minimum absolute atomic E-state index is 0.0939. The molecule has 0 heterocycles. The zero-order valence-corrected chi connectivity index (χ0v) is 16.7. The number of nitrogens with zero attached hydrogens (tertiary/aromatic N) is 1. The van der Waals surface area contributed by atoms with Gasteiger partial charge in [0.1, 0.15) is 5.82 Å². The summed E-state index contributed by atoms with van der Waals surface area (Å²) in [6.07, 6.45) is 1.86. The molecule has 4 heteroatoms. The summed E-state index contributed by atoms with van der Waals surface area (Å²) in [7, 11) is 4.11. The van der Waals surface area contributed by atoms with Crippen molar-refractivity contribution < 1.29 is 0 Å². The van der Waals surface area contributed by atoms with Gasteiger partial charge in [-0.25, -0.2) is 0 Å². The molecule has 0 saturated carbocycles. The summed E-state index contributed by atoms with van der Waals surface area (Å²) in [5, 5.41) is 7.05. The molecule has 0 aliphatic rings. The summed E-state index contributed by atoms with van der Waals surface area (Å²) in [5.74, 6) is 1.71. The highest BCUT2D eigenvalue weighted by molar-refractivity contribution is 5.49. The maximum atomic E-state index is 6.46. The van der Waals surface area contributed by atoms with E-state index in [1.807, 2.05) is 31.3 Å². The highest BCUT2D eigenvalue weighted by Crippen LogP contribution is 2.31. The SMILES string of the molecule is C=CC(N)C(/C(=C(/Nc1ccccc1)N(C)CC)C(C)NC)C(C)C. The van der Waals surface area contributed by atoms with Crippen LogP contribution in [0, 0.1) is 11.8 Å². The standard InChI is InChI=1S/C21H36N4/c1-8-18(22)19(15(3)4)20(16(5)23-6)21(25(7)9-2)24-17-13-11-10-12-14-17/h8,10-16,18-19,23-24H,1,9,22H2,2-7H3/b21-20-. The van der Waals surface area contributed by atoms with E-state index in [1.165, 1.54) is 5.57 Å². The van der Waals surface area contributed by atoms with Crippen molar-refractivity contribution in [3.05, 3.63) is 54.4 Å². The van der Waals surface area contributed by atoms with Crippen LogP contribution in [0.15, 0.2) is 54.4 Å². The third-order valence-corrected chi connectivity index (χ3v) is 4.83. The van der Waals surface area contributed by atoms with Crippen molar-refractivity contribution in [2.45, 2.75) is 39.8 Å². The Bertz CT molecular complexity index is 550. The Morgan fingerprint density at radius 3 is 2.28 bits per heavy atom. The van der Waals surface area contributed by atoms with Gasteiger partial charge in [0.25, 0.3) is 0 Å². The van der Waals surface area contributed by atoms with E-state index in [9.17, 15) is 0 Å². The average molecular weight is 345 g/mol. The molecule has 4 N–H and O–H groups in total. The van der Waals surface area contributed by atoms with E-state index >= 15 is 0 Å². The van der Waals surface area contributed by atoms with E-state index in [-0.39, 0.29) is 18.0 Å². The first-order valence-electron chi connectivity index (χ1n) is 9.19. The van der Waals surface area contributed by atoms with Gasteiger partial charge < -0.3 is 21.3 Å². The second kappa shape index (κ2) is 10.3. The van der Waals surface area contributed by atoms with Gasteiger partial charge in [0.2, 0.25) is 0 Å². The first kappa shape index (κ1) is 21.3. The lowest BCUT2D eigenvalue weighted by Crippen LogP contribution is -2.42. The first-order chi connectivity index (χ1) is 11.9. The van der Waals surface area contributed by atoms with Crippen molar-refractivity contribution >= 4 is 5.69 Å². The largest absolute Gasteiger partial charge is 0.361 e. The highest BCUT2D eigenvalue weighted by atomic mass is 15.2. The maximum Gasteiger partial charge on any atom is 0.107 e. The van der Waals surface area contributed by atoms with Crippen LogP contribution in [0.4, 0.5) is 5.69 Å².